The smallest absolute Gasteiger partial charge is 0.248 e. The second-order valence-electron chi connectivity index (χ2n) is 5.26. The second-order valence-corrected chi connectivity index (χ2v) is 5.26. The van der Waals surface area contributed by atoms with Gasteiger partial charge in [0.05, 0.1) is 12.6 Å². The molecule has 1 fully saturated rings. The Labute approximate surface area is 121 Å². The summed E-state index contributed by atoms with van der Waals surface area (Å²) in [5.74, 6) is 0.0909. The molecule has 0 bridgehead atoms. The van der Waals surface area contributed by atoms with E-state index in [1.807, 2.05) is 4.90 Å². The van der Waals surface area contributed by atoms with Crippen molar-refractivity contribution < 1.29 is 9.53 Å². The highest BCUT2D eigenvalue weighted by molar-refractivity contribution is 5.78. The van der Waals surface area contributed by atoms with Crippen molar-refractivity contribution in [3.05, 3.63) is 35.4 Å². The van der Waals surface area contributed by atoms with E-state index in [0.29, 0.717) is 19.7 Å². The van der Waals surface area contributed by atoms with Crippen LogP contribution in [0.1, 0.15) is 30.5 Å². The predicted molar refractivity (Wildman–Crippen MR) is 79.6 cm³/mol. The summed E-state index contributed by atoms with van der Waals surface area (Å²) in [5, 5.41) is 3.56. The molecule has 2 rings (SSSR count). The van der Waals surface area contributed by atoms with Crippen LogP contribution in [0, 0.1) is 6.92 Å². The monoisotopic (exact) mass is 276 g/mol. The first-order chi connectivity index (χ1) is 9.72. The fourth-order valence-corrected chi connectivity index (χ4v) is 2.53. The van der Waals surface area contributed by atoms with Crippen molar-refractivity contribution in [2.24, 2.45) is 0 Å². The van der Waals surface area contributed by atoms with Crippen LogP contribution in [0.3, 0.4) is 0 Å². The first kappa shape index (κ1) is 15.0. The lowest BCUT2D eigenvalue weighted by molar-refractivity contribution is -0.143. The quantitative estimate of drug-likeness (QED) is 0.863. The summed E-state index contributed by atoms with van der Waals surface area (Å²) >= 11 is 0. The maximum absolute atomic E-state index is 11.9. The first-order valence-electron chi connectivity index (χ1n) is 7.36. The molecule has 0 radical (unpaired) electrons. The van der Waals surface area contributed by atoms with E-state index in [-0.39, 0.29) is 18.6 Å². The number of hydrogen-bond acceptors (Lipinski definition) is 3. The van der Waals surface area contributed by atoms with Gasteiger partial charge in [-0.2, -0.15) is 0 Å². The van der Waals surface area contributed by atoms with E-state index < -0.39 is 0 Å². The summed E-state index contributed by atoms with van der Waals surface area (Å²) in [6.45, 7) is 7.49. The number of rotatable bonds is 6. The molecule has 1 amide bonds. The Morgan fingerprint density at radius 3 is 2.90 bits per heavy atom. The van der Waals surface area contributed by atoms with Gasteiger partial charge in [0.15, 0.2) is 0 Å². The Hall–Kier alpha value is -1.39. The zero-order valence-electron chi connectivity index (χ0n) is 12.4. The molecule has 20 heavy (non-hydrogen) atoms. The van der Waals surface area contributed by atoms with Crippen molar-refractivity contribution >= 4 is 5.91 Å². The van der Waals surface area contributed by atoms with Crippen LogP contribution in [0.4, 0.5) is 0 Å². The zero-order valence-corrected chi connectivity index (χ0v) is 12.4. The molecule has 1 aromatic carbocycles. The number of aryl methyl sites for hydroxylation is 1. The fraction of sp³-hybridized carbons (Fsp3) is 0.562. The van der Waals surface area contributed by atoms with Crippen LogP contribution < -0.4 is 5.32 Å². The van der Waals surface area contributed by atoms with Crippen LogP contribution in [0.25, 0.3) is 0 Å². The first-order valence-corrected chi connectivity index (χ1v) is 7.36. The van der Waals surface area contributed by atoms with Crippen molar-refractivity contribution in [1.82, 2.24) is 10.2 Å². The van der Waals surface area contributed by atoms with Crippen molar-refractivity contribution in [2.45, 2.75) is 26.3 Å². The van der Waals surface area contributed by atoms with Gasteiger partial charge in [-0.1, -0.05) is 31.2 Å². The molecule has 1 heterocycles. The zero-order chi connectivity index (χ0) is 14.4. The van der Waals surface area contributed by atoms with Gasteiger partial charge in [-0.05, 0) is 31.0 Å². The summed E-state index contributed by atoms with van der Waals surface area (Å²) in [7, 11) is 0. The predicted octanol–water partition coefficient (Wildman–Crippen LogP) is 1.89. The largest absolute Gasteiger partial charge is 0.370 e. The Morgan fingerprint density at radius 1 is 1.40 bits per heavy atom. The van der Waals surface area contributed by atoms with Gasteiger partial charge < -0.3 is 15.0 Å². The molecule has 1 N–H and O–H groups in total. The van der Waals surface area contributed by atoms with Gasteiger partial charge in [0, 0.05) is 13.1 Å². The van der Waals surface area contributed by atoms with Crippen LogP contribution >= 0.6 is 0 Å². The summed E-state index contributed by atoms with van der Waals surface area (Å²) in [6.07, 6.45) is 1.08. The molecule has 0 spiro atoms. The minimum absolute atomic E-state index is 0.0909. The molecule has 1 unspecified atom stereocenters. The lowest BCUT2D eigenvalue weighted by atomic mass is 10.0. The van der Waals surface area contributed by atoms with Crippen LogP contribution in [-0.4, -0.2) is 43.7 Å². The number of ether oxygens (including phenoxy) is 1. The fourth-order valence-electron chi connectivity index (χ4n) is 2.53. The van der Waals surface area contributed by atoms with Gasteiger partial charge in [-0.15, -0.1) is 0 Å². The summed E-state index contributed by atoms with van der Waals surface area (Å²) < 4.78 is 5.19. The molecule has 4 heteroatoms. The molecule has 1 aliphatic heterocycles. The molecule has 1 atom stereocenters. The minimum Gasteiger partial charge on any atom is -0.370 e. The van der Waals surface area contributed by atoms with E-state index in [1.165, 1.54) is 11.1 Å². The van der Waals surface area contributed by atoms with Crippen LogP contribution in [0.15, 0.2) is 24.3 Å². The number of carbonyl (C=O) groups excluding carboxylic acids is 1. The summed E-state index contributed by atoms with van der Waals surface area (Å²) in [6, 6.07) is 8.57. The normalized spacial score (nSPS) is 17.3. The number of amides is 1. The molecular weight excluding hydrogens is 252 g/mol. The molecule has 0 saturated carbocycles. The van der Waals surface area contributed by atoms with Crippen molar-refractivity contribution in [3.63, 3.8) is 0 Å². The highest BCUT2D eigenvalue weighted by Gasteiger charge is 2.23. The Balaban J connectivity index is 2.11. The number of carbonyl (C=O) groups is 1. The SMILES string of the molecule is CCCNC(CN1CCOCC1=O)c1ccccc1C. The van der Waals surface area contributed by atoms with Crippen molar-refractivity contribution in [1.29, 1.82) is 0 Å². The summed E-state index contributed by atoms with van der Waals surface area (Å²) in [5.41, 5.74) is 2.54. The van der Waals surface area contributed by atoms with E-state index in [4.69, 9.17) is 4.74 Å². The number of morpholine rings is 1. The average Bonchev–Trinajstić information content (AvgIpc) is 2.46. The number of nitrogens with zero attached hydrogens (tertiary/aromatic N) is 1. The molecule has 4 nitrogen and oxygen atoms in total. The highest BCUT2D eigenvalue weighted by atomic mass is 16.5. The molecule has 0 aliphatic carbocycles. The third kappa shape index (κ3) is 3.81. The lowest BCUT2D eigenvalue weighted by Gasteiger charge is -2.31. The lowest BCUT2D eigenvalue weighted by Crippen LogP contribution is -2.46. The Bertz CT molecular complexity index is 448. The third-order valence-electron chi connectivity index (χ3n) is 3.69. The molecule has 0 aromatic heterocycles. The standard InChI is InChI=1S/C16H24N2O2/c1-3-8-17-15(14-7-5-4-6-13(14)2)11-18-9-10-20-12-16(18)19/h4-7,15,17H,3,8-12H2,1-2H3. The van der Waals surface area contributed by atoms with Gasteiger partial charge in [0.25, 0.3) is 0 Å². The van der Waals surface area contributed by atoms with E-state index in [2.05, 4.69) is 43.4 Å². The van der Waals surface area contributed by atoms with Crippen LogP contribution in [0.2, 0.25) is 0 Å². The highest BCUT2D eigenvalue weighted by Crippen LogP contribution is 2.19. The van der Waals surface area contributed by atoms with Gasteiger partial charge in [0.1, 0.15) is 6.61 Å². The molecule has 110 valence electrons. The summed E-state index contributed by atoms with van der Waals surface area (Å²) in [4.78, 5) is 13.8. The molecular formula is C16H24N2O2. The van der Waals surface area contributed by atoms with Gasteiger partial charge in [-0.25, -0.2) is 0 Å². The Morgan fingerprint density at radius 2 is 2.20 bits per heavy atom. The molecule has 1 aromatic rings. The van der Waals surface area contributed by atoms with Crippen molar-refractivity contribution in [3.8, 4) is 0 Å². The van der Waals surface area contributed by atoms with E-state index in [9.17, 15) is 4.79 Å². The maximum atomic E-state index is 11.9. The van der Waals surface area contributed by atoms with Gasteiger partial charge in [-0.3, -0.25) is 4.79 Å². The van der Waals surface area contributed by atoms with Gasteiger partial charge >= 0.3 is 0 Å². The van der Waals surface area contributed by atoms with E-state index >= 15 is 0 Å². The number of hydrogen-bond donors (Lipinski definition) is 1. The number of benzene rings is 1. The second kappa shape index (κ2) is 7.41. The topological polar surface area (TPSA) is 41.6 Å². The van der Waals surface area contributed by atoms with Crippen molar-refractivity contribution in [2.75, 3.05) is 32.8 Å². The Kier molecular flexibility index (Phi) is 5.56. The average molecular weight is 276 g/mol. The van der Waals surface area contributed by atoms with Gasteiger partial charge in [0.2, 0.25) is 5.91 Å². The van der Waals surface area contributed by atoms with Crippen LogP contribution in [0.5, 0.6) is 0 Å². The van der Waals surface area contributed by atoms with Crippen LogP contribution in [-0.2, 0) is 9.53 Å². The van der Waals surface area contributed by atoms with E-state index in [0.717, 1.165) is 13.0 Å². The maximum Gasteiger partial charge on any atom is 0.248 e. The molecule has 1 saturated heterocycles. The third-order valence-corrected chi connectivity index (χ3v) is 3.69. The molecule has 1 aliphatic rings. The van der Waals surface area contributed by atoms with E-state index in [1.54, 1.807) is 0 Å². The minimum atomic E-state index is 0.0909. The number of nitrogens with one attached hydrogen (secondary N) is 1.